The van der Waals surface area contributed by atoms with E-state index in [1.807, 2.05) is 0 Å². The minimum absolute atomic E-state index is 0.00589. The lowest BCUT2D eigenvalue weighted by atomic mass is 10.2. The Morgan fingerprint density at radius 3 is 2.67 bits per heavy atom. The molecule has 1 N–H and O–H groups in total. The molecule has 0 radical (unpaired) electrons. The van der Waals surface area contributed by atoms with Gasteiger partial charge in [-0.1, -0.05) is 19.8 Å². The van der Waals surface area contributed by atoms with Crippen molar-refractivity contribution in [1.29, 1.82) is 0 Å². The standard InChI is InChI=1S/C13H21N3O2/c1-4-5-6-7-16(10(2)3)12-9-14-8-11(15-12)13(17)18/h8-10H,4-7H2,1-3H3,(H,17,18). The van der Waals surface area contributed by atoms with Crippen LogP contribution in [-0.4, -0.2) is 33.6 Å². The predicted octanol–water partition coefficient (Wildman–Crippen LogP) is 2.58. The first-order valence-electron chi connectivity index (χ1n) is 6.38. The summed E-state index contributed by atoms with van der Waals surface area (Å²) in [6.45, 7) is 7.18. The van der Waals surface area contributed by atoms with Gasteiger partial charge in [-0.15, -0.1) is 0 Å². The molecule has 0 saturated heterocycles. The van der Waals surface area contributed by atoms with Crippen LogP contribution in [0.4, 0.5) is 5.82 Å². The fourth-order valence-electron chi connectivity index (χ4n) is 1.77. The first kappa shape index (κ1) is 14.4. The third kappa shape index (κ3) is 3.98. The van der Waals surface area contributed by atoms with E-state index < -0.39 is 5.97 Å². The smallest absolute Gasteiger partial charge is 0.356 e. The van der Waals surface area contributed by atoms with Gasteiger partial charge in [0.25, 0.3) is 0 Å². The monoisotopic (exact) mass is 251 g/mol. The Kier molecular flexibility index (Phi) is 5.55. The maximum absolute atomic E-state index is 10.9. The van der Waals surface area contributed by atoms with Crippen molar-refractivity contribution in [3.05, 3.63) is 18.1 Å². The van der Waals surface area contributed by atoms with Gasteiger partial charge in [0.1, 0.15) is 5.82 Å². The third-order valence-corrected chi connectivity index (χ3v) is 2.76. The molecule has 0 spiro atoms. The number of nitrogens with zero attached hydrogens (tertiary/aromatic N) is 3. The van der Waals surface area contributed by atoms with Crippen LogP contribution in [0.1, 0.15) is 50.5 Å². The van der Waals surface area contributed by atoms with Crippen LogP contribution in [0.3, 0.4) is 0 Å². The Morgan fingerprint density at radius 1 is 1.39 bits per heavy atom. The van der Waals surface area contributed by atoms with Crippen LogP contribution >= 0.6 is 0 Å². The molecule has 0 saturated carbocycles. The zero-order chi connectivity index (χ0) is 13.5. The van der Waals surface area contributed by atoms with Crippen LogP contribution in [0.2, 0.25) is 0 Å². The topological polar surface area (TPSA) is 66.3 Å². The summed E-state index contributed by atoms with van der Waals surface area (Å²) in [6, 6.07) is 0.278. The molecule has 18 heavy (non-hydrogen) atoms. The van der Waals surface area contributed by atoms with Crippen LogP contribution < -0.4 is 4.90 Å². The largest absolute Gasteiger partial charge is 0.476 e. The van der Waals surface area contributed by atoms with Crippen molar-refractivity contribution in [3.8, 4) is 0 Å². The molecule has 0 aromatic carbocycles. The Labute approximate surface area is 108 Å². The Balaban J connectivity index is 2.84. The summed E-state index contributed by atoms with van der Waals surface area (Å²) in [5.74, 6) is -0.400. The summed E-state index contributed by atoms with van der Waals surface area (Å²) in [4.78, 5) is 21.1. The molecule has 0 atom stereocenters. The van der Waals surface area contributed by atoms with Crippen molar-refractivity contribution < 1.29 is 9.90 Å². The number of carboxylic acid groups (broad SMARTS) is 1. The zero-order valence-corrected chi connectivity index (χ0v) is 11.3. The van der Waals surface area contributed by atoms with Gasteiger partial charge in [-0.05, 0) is 20.3 Å². The highest BCUT2D eigenvalue weighted by Gasteiger charge is 2.14. The molecule has 1 rings (SSSR count). The lowest BCUT2D eigenvalue weighted by Gasteiger charge is -2.27. The number of anilines is 1. The molecule has 0 unspecified atom stereocenters. The summed E-state index contributed by atoms with van der Waals surface area (Å²) < 4.78 is 0. The first-order chi connectivity index (χ1) is 8.56. The Hall–Kier alpha value is -1.65. The molecule has 0 fully saturated rings. The molecule has 0 aliphatic carbocycles. The molecule has 0 aliphatic heterocycles. The second-order valence-corrected chi connectivity index (χ2v) is 4.56. The van der Waals surface area contributed by atoms with Gasteiger partial charge in [0, 0.05) is 12.6 Å². The Bertz CT molecular complexity index is 394. The zero-order valence-electron chi connectivity index (χ0n) is 11.3. The molecule has 1 heterocycles. The van der Waals surface area contributed by atoms with E-state index >= 15 is 0 Å². The molecule has 1 aromatic rings. The average Bonchev–Trinajstić information content (AvgIpc) is 2.34. The van der Waals surface area contributed by atoms with Gasteiger partial charge in [0.05, 0.1) is 12.4 Å². The number of aromatic carboxylic acids is 1. The van der Waals surface area contributed by atoms with Gasteiger partial charge in [0.2, 0.25) is 0 Å². The average molecular weight is 251 g/mol. The van der Waals surface area contributed by atoms with Gasteiger partial charge >= 0.3 is 5.97 Å². The number of hydrogen-bond acceptors (Lipinski definition) is 4. The quantitative estimate of drug-likeness (QED) is 0.754. The summed E-state index contributed by atoms with van der Waals surface area (Å²) in [5, 5.41) is 8.92. The highest BCUT2D eigenvalue weighted by atomic mass is 16.4. The van der Waals surface area contributed by atoms with E-state index in [0.717, 1.165) is 25.8 Å². The van der Waals surface area contributed by atoms with Gasteiger partial charge < -0.3 is 10.0 Å². The van der Waals surface area contributed by atoms with E-state index in [1.54, 1.807) is 6.20 Å². The van der Waals surface area contributed by atoms with E-state index in [-0.39, 0.29) is 11.7 Å². The predicted molar refractivity (Wildman–Crippen MR) is 71.0 cm³/mol. The van der Waals surface area contributed by atoms with Crippen molar-refractivity contribution in [1.82, 2.24) is 9.97 Å². The van der Waals surface area contributed by atoms with Crippen molar-refractivity contribution in [2.45, 2.75) is 46.1 Å². The second kappa shape index (κ2) is 6.93. The normalized spacial score (nSPS) is 10.7. The van der Waals surface area contributed by atoms with Crippen LogP contribution in [0, 0.1) is 0 Å². The maximum atomic E-state index is 10.9. The third-order valence-electron chi connectivity index (χ3n) is 2.76. The molecular weight excluding hydrogens is 230 g/mol. The minimum atomic E-state index is -1.04. The lowest BCUT2D eigenvalue weighted by molar-refractivity contribution is 0.0690. The van der Waals surface area contributed by atoms with Crippen molar-refractivity contribution >= 4 is 11.8 Å². The van der Waals surface area contributed by atoms with E-state index in [9.17, 15) is 4.79 Å². The van der Waals surface area contributed by atoms with E-state index in [4.69, 9.17) is 5.11 Å². The van der Waals surface area contributed by atoms with Crippen LogP contribution in [0.25, 0.3) is 0 Å². The molecule has 5 heteroatoms. The molecule has 0 aliphatic rings. The van der Waals surface area contributed by atoms with Gasteiger partial charge in [-0.2, -0.15) is 0 Å². The SMILES string of the molecule is CCCCCN(c1cncc(C(=O)O)n1)C(C)C. The number of rotatable bonds is 7. The highest BCUT2D eigenvalue weighted by molar-refractivity contribution is 5.85. The number of unbranched alkanes of at least 4 members (excludes halogenated alkanes) is 2. The van der Waals surface area contributed by atoms with Crippen molar-refractivity contribution in [2.24, 2.45) is 0 Å². The first-order valence-corrected chi connectivity index (χ1v) is 6.38. The van der Waals surface area contributed by atoms with Crippen molar-refractivity contribution in [3.63, 3.8) is 0 Å². The molecular formula is C13H21N3O2. The summed E-state index contributed by atoms with van der Waals surface area (Å²) in [6.07, 6.45) is 6.30. The highest BCUT2D eigenvalue weighted by Crippen LogP contribution is 2.14. The fourth-order valence-corrected chi connectivity index (χ4v) is 1.77. The van der Waals surface area contributed by atoms with E-state index in [0.29, 0.717) is 5.82 Å². The van der Waals surface area contributed by atoms with E-state index in [2.05, 4.69) is 35.6 Å². The second-order valence-electron chi connectivity index (χ2n) is 4.56. The van der Waals surface area contributed by atoms with Crippen LogP contribution in [0.5, 0.6) is 0 Å². The lowest BCUT2D eigenvalue weighted by Crippen LogP contribution is -2.33. The molecule has 100 valence electrons. The van der Waals surface area contributed by atoms with Crippen LogP contribution in [-0.2, 0) is 0 Å². The van der Waals surface area contributed by atoms with Gasteiger partial charge in [0.15, 0.2) is 5.69 Å². The fraction of sp³-hybridized carbons (Fsp3) is 0.615. The maximum Gasteiger partial charge on any atom is 0.356 e. The number of aromatic nitrogens is 2. The Morgan fingerprint density at radius 2 is 2.11 bits per heavy atom. The molecule has 0 amide bonds. The summed E-state index contributed by atoms with van der Waals surface area (Å²) >= 11 is 0. The summed E-state index contributed by atoms with van der Waals surface area (Å²) in [5.41, 5.74) is -0.00589. The number of carboxylic acids is 1. The van der Waals surface area contributed by atoms with Gasteiger partial charge in [-0.3, -0.25) is 4.98 Å². The summed E-state index contributed by atoms with van der Waals surface area (Å²) in [7, 11) is 0. The molecule has 0 bridgehead atoms. The molecule has 1 aromatic heterocycles. The number of hydrogen-bond donors (Lipinski definition) is 1. The minimum Gasteiger partial charge on any atom is -0.476 e. The number of carbonyl (C=O) groups is 1. The van der Waals surface area contributed by atoms with E-state index in [1.165, 1.54) is 6.20 Å². The van der Waals surface area contributed by atoms with Gasteiger partial charge in [-0.25, -0.2) is 9.78 Å². The van der Waals surface area contributed by atoms with Crippen LogP contribution in [0.15, 0.2) is 12.4 Å². The molecule has 5 nitrogen and oxygen atoms in total. The van der Waals surface area contributed by atoms with Crippen molar-refractivity contribution in [2.75, 3.05) is 11.4 Å².